The molecule has 0 N–H and O–H groups in total. The van der Waals surface area contributed by atoms with E-state index in [1.54, 1.807) is 0 Å². The molecule has 0 amide bonds. The van der Waals surface area contributed by atoms with Crippen molar-refractivity contribution in [1.29, 1.82) is 0 Å². The Balaban J connectivity index is 1.14. The average Bonchev–Trinajstić information content (AvgIpc) is 3.18. The van der Waals surface area contributed by atoms with Crippen LogP contribution in [0.1, 0.15) is 0 Å². The third-order valence-electron chi connectivity index (χ3n) is 9.26. The van der Waals surface area contributed by atoms with Crippen LogP contribution in [0.4, 0.5) is 0 Å². The van der Waals surface area contributed by atoms with Crippen molar-refractivity contribution in [3.05, 3.63) is 182 Å². The van der Waals surface area contributed by atoms with Crippen molar-refractivity contribution >= 4 is 32.3 Å². The molecule has 0 spiro atoms. The molecule has 2 nitrogen and oxygen atoms in total. The summed E-state index contributed by atoms with van der Waals surface area (Å²) in [5, 5.41) is 7.72. The molecule has 0 saturated heterocycles. The summed E-state index contributed by atoms with van der Waals surface area (Å²) in [4.78, 5) is 10.0. The Labute approximate surface area is 279 Å². The van der Waals surface area contributed by atoms with Crippen molar-refractivity contribution < 1.29 is 0 Å². The summed E-state index contributed by atoms with van der Waals surface area (Å²) in [5.41, 5.74) is 9.63. The molecule has 0 aliphatic rings. The van der Waals surface area contributed by atoms with E-state index in [9.17, 15) is 0 Å². The molecule has 1 heterocycles. The number of benzene rings is 8. The Morgan fingerprint density at radius 1 is 0.229 bits per heavy atom. The Morgan fingerprint density at radius 3 is 1.21 bits per heavy atom. The summed E-state index contributed by atoms with van der Waals surface area (Å²) in [6, 6.07) is 64.6. The van der Waals surface area contributed by atoms with Gasteiger partial charge in [0.2, 0.25) is 0 Å². The van der Waals surface area contributed by atoms with E-state index in [4.69, 9.17) is 9.97 Å². The van der Waals surface area contributed by atoms with Crippen LogP contribution in [0.3, 0.4) is 0 Å². The Hall–Kier alpha value is -6.38. The predicted molar refractivity (Wildman–Crippen MR) is 202 cm³/mol. The molecule has 9 rings (SSSR count). The minimum Gasteiger partial charge on any atom is -0.228 e. The highest BCUT2D eigenvalue weighted by atomic mass is 14.9. The number of fused-ring (bicyclic) bond motifs is 6. The molecule has 0 atom stereocenters. The van der Waals surface area contributed by atoms with Gasteiger partial charge in [0.25, 0.3) is 0 Å². The fourth-order valence-corrected chi connectivity index (χ4v) is 6.89. The first-order valence-electron chi connectivity index (χ1n) is 16.3. The third kappa shape index (κ3) is 5.01. The standard InChI is InChI=1S/C46H30N2/c1-3-13-31(14-4-1)44-30-45(48-46(47-44)32-15-5-2-6-16-32)37-20-12-19-35(28-37)33-17-11-18-34(27-33)36-25-26-42-40-23-8-7-21-38(40)39-22-9-10-24-41(39)43(42)29-36/h1-30H. The van der Waals surface area contributed by atoms with E-state index in [-0.39, 0.29) is 0 Å². The highest BCUT2D eigenvalue weighted by Gasteiger charge is 2.13. The van der Waals surface area contributed by atoms with Crippen LogP contribution in [0.5, 0.6) is 0 Å². The van der Waals surface area contributed by atoms with Crippen molar-refractivity contribution in [2.75, 3.05) is 0 Å². The molecule has 1 aromatic heterocycles. The zero-order chi connectivity index (χ0) is 31.9. The smallest absolute Gasteiger partial charge is 0.160 e. The van der Waals surface area contributed by atoms with Crippen LogP contribution >= 0.6 is 0 Å². The van der Waals surface area contributed by atoms with E-state index >= 15 is 0 Å². The van der Waals surface area contributed by atoms with Crippen LogP contribution in [-0.4, -0.2) is 9.97 Å². The maximum Gasteiger partial charge on any atom is 0.160 e. The zero-order valence-corrected chi connectivity index (χ0v) is 26.2. The lowest BCUT2D eigenvalue weighted by Crippen LogP contribution is -1.96. The van der Waals surface area contributed by atoms with Gasteiger partial charge in [0.15, 0.2) is 5.82 Å². The molecule has 9 aromatic rings. The summed E-state index contributed by atoms with van der Waals surface area (Å²) in [6.45, 7) is 0. The highest BCUT2D eigenvalue weighted by molar-refractivity contribution is 6.25. The second-order valence-electron chi connectivity index (χ2n) is 12.2. The average molecular weight is 611 g/mol. The van der Waals surface area contributed by atoms with Crippen LogP contribution in [-0.2, 0) is 0 Å². The van der Waals surface area contributed by atoms with Gasteiger partial charge in [0.1, 0.15) is 0 Å². The van der Waals surface area contributed by atoms with Crippen LogP contribution in [0.25, 0.3) is 88.5 Å². The topological polar surface area (TPSA) is 25.8 Å². The van der Waals surface area contributed by atoms with Crippen LogP contribution in [0, 0.1) is 0 Å². The van der Waals surface area contributed by atoms with Gasteiger partial charge in [-0.05, 0) is 78.8 Å². The summed E-state index contributed by atoms with van der Waals surface area (Å²) in [6.07, 6.45) is 0. The highest BCUT2D eigenvalue weighted by Crippen LogP contribution is 2.38. The first-order chi connectivity index (χ1) is 23.8. The molecule has 0 radical (unpaired) electrons. The maximum atomic E-state index is 5.06. The molecular weight excluding hydrogens is 581 g/mol. The van der Waals surface area contributed by atoms with Gasteiger partial charge >= 0.3 is 0 Å². The van der Waals surface area contributed by atoms with Gasteiger partial charge in [0.05, 0.1) is 11.4 Å². The van der Waals surface area contributed by atoms with Crippen molar-refractivity contribution in [3.63, 3.8) is 0 Å². The van der Waals surface area contributed by atoms with E-state index in [0.29, 0.717) is 0 Å². The number of rotatable bonds is 5. The third-order valence-corrected chi connectivity index (χ3v) is 9.26. The summed E-state index contributed by atoms with van der Waals surface area (Å²) in [5.74, 6) is 0.718. The van der Waals surface area contributed by atoms with Gasteiger partial charge in [-0.3, -0.25) is 0 Å². The molecule has 224 valence electrons. The molecule has 8 aromatic carbocycles. The number of hydrogen-bond donors (Lipinski definition) is 0. The summed E-state index contributed by atoms with van der Waals surface area (Å²) < 4.78 is 0. The fourth-order valence-electron chi connectivity index (χ4n) is 6.89. The molecule has 48 heavy (non-hydrogen) atoms. The van der Waals surface area contributed by atoms with Gasteiger partial charge in [-0.1, -0.05) is 158 Å². The molecule has 0 saturated carbocycles. The van der Waals surface area contributed by atoms with E-state index in [2.05, 4.69) is 146 Å². The quantitative estimate of drug-likeness (QED) is 0.181. The minimum atomic E-state index is 0.718. The molecule has 0 unspecified atom stereocenters. The first kappa shape index (κ1) is 27.9. The van der Waals surface area contributed by atoms with Crippen LogP contribution < -0.4 is 0 Å². The van der Waals surface area contributed by atoms with E-state index in [1.165, 1.54) is 49.0 Å². The number of aromatic nitrogens is 2. The number of hydrogen-bond acceptors (Lipinski definition) is 2. The summed E-state index contributed by atoms with van der Waals surface area (Å²) >= 11 is 0. The van der Waals surface area contributed by atoms with Crippen molar-refractivity contribution in [2.45, 2.75) is 0 Å². The molecular formula is C46H30N2. The van der Waals surface area contributed by atoms with Crippen molar-refractivity contribution in [2.24, 2.45) is 0 Å². The Morgan fingerprint density at radius 2 is 0.625 bits per heavy atom. The van der Waals surface area contributed by atoms with Crippen molar-refractivity contribution in [3.8, 4) is 56.2 Å². The second-order valence-corrected chi connectivity index (χ2v) is 12.2. The zero-order valence-electron chi connectivity index (χ0n) is 26.2. The largest absolute Gasteiger partial charge is 0.228 e. The van der Waals surface area contributed by atoms with Crippen molar-refractivity contribution in [1.82, 2.24) is 9.97 Å². The SMILES string of the molecule is c1ccc(-c2cc(-c3cccc(-c4cccc(-c5ccc6c7ccccc7c7ccccc7c6c5)c4)c3)nc(-c3ccccc3)n2)cc1. The van der Waals surface area contributed by atoms with Gasteiger partial charge in [-0.2, -0.15) is 0 Å². The lowest BCUT2D eigenvalue weighted by Gasteiger charge is -2.13. The lowest BCUT2D eigenvalue weighted by molar-refractivity contribution is 1.18. The molecule has 0 fully saturated rings. The molecule has 2 heteroatoms. The maximum absolute atomic E-state index is 5.06. The fraction of sp³-hybridized carbons (Fsp3) is 0. The van der Waals surface area contributed by atoms with Gasteiger partial charge in [-0.25, -0.2) is 9.97 Å². The first-order valence-corrected chi connectivity index (χ1v) is 16.3. The Kier molecular flexibility index (Phi) is 6.84. The molecule has 0 bridgehead atoms. The normalized spacial score (nSPS) is 11.3. The van der Waals surface area contributed by atoms with E-state index < -0.39 is 0 Å². The van der Waals surface area contributed by atoms with Crippen LogP contribution in [0.15, 0.2) is 182 Å². The molecule has 0 aliphatic carbocycles. The monoisotopic (exact) mass is 610 g/mol. The minimum absolute atomic E-state index is 0.718. The lowest BCUT2D eigenvalue weighted by atomic mass is 9.91. The van der Waals surface area contributed by atoms with E-state index in [1.807, 2.05) is 36.4 Å². The predicted octanol–water partition coefficient (Wildman–Crippen LogP) is 12.3. The second kappa shape index (κ2) is 11.8. The van der Waals surface area contributed by atoms with Crippen LogP contribution in [0.2, 0.25) is 0 Å². The Bertz CT molecular complexity index is 2510. The summed E-state index contributed by atoms with van der Waals surface area (Å²) in [7, 11) is 0. The number of nitrogens with zero attached hydrogens (tertiary/aromatic N) is 2. The van der Waals surface area contributed by atoms with Gasteiger partial charge < -0.3 is 0 Å². The van der Waals surface area contributed by atoms with E-state index in [0.717, 1.165) is 39.5 Å². The van der Waals surface area contributed by atoms with Gasteiger partial charge in [-0.15, -0.1) is 0 Å². The molecule has 0 aliphatic heterocycles. The van der Waals surface area contributed by atoms with Gasteiger partial charge in [0, 0.05) is 16.7 Å².